The minimum absolute atomic E-state index is 0.160. The molecule has 5 heteroatoms. The summed E-state index contributed by atoms with van der Waals surface area (Å²) >= 11 is 5.27. The molecule has 0 fully saturated rings. The van der Waals surface area contributed by atoms with Gasteiger partial charge in [-0.25, -0.2) is 0 Å². The predicted octanol–water partition coefficient (Wildman–Crippen LogP) is 4.87. The highest BCUT2D eigenvalue weighted by Gasteiger charge is 2.28. The Balaban J connectivity index is 1.59. The van der Waals surface area contributed by atoms with E-state index in [0.717, 1.165) is 48.1 Å². The van der Waals surface area contributed by atoms with Gasteiger partial charge in [-0.05, 0) is 97.3 Å². The van der Waals surface area contributed by atoms with Gasteiger partial charge in [0.1, 0.15) is 0 Å². The van der Waals surface area contributed by atoms with Gasteiger partial charge in [0.2, 0.25) is 0 Å². The number of carbonyl (C=O) groups is 1. The maximum absolute atomic E-state index is 12.9. The lowest BCUT2D eigenvalue weighted by Crippen LogP contribution is -2.44. The van der Waals surface area contributed by atoms with Gasteiger partial charge in [0, 0.05) is 29.1 Å². The van der Waals surface area contributed by atoms with Crippen molar-refractivity contribution < 1.29 is 4.79 Å². The van der Waals surface area contributed by atoms with Crippen LogP contribution < -0.4 is 5.73 Å². The molecule has 1 amide bonds. The number of hydrogen-bond acceptors (Lipinski definition) is 3. The largest absolute Gasteiger partial charge is 0.338 e. The molecule has 2 N–H and O–H groups in total. The van der Waals surface area contributed by atoms with E-state index in [1.165, 1.54) is 21.6 Å². The molecule has 2 heterocycles. The fraction of sp³-hybridized carbons (Fsp3) is 0.476. The third-order valence-corrected chi connectivity index (χ3v) is 7.23. The zero-order valence-electron chi connectivity index (χ0n) is 15.8. The number of benzene rings is 1. The minimum Gasteiger partial charge on any atom is -0.338 e. The quantitative estimate of drug-likeness (QED) is 0.704. The molecule has 0 bridgehead atoms. The molecule has 1 aliphatic heterocycles. The minimum atomic E-state index is -0.264. The molecule has 2 aromatic rings. The van der Waals surface area contributed by atoms with Crippen LogP contribution in [0, 0.1) is 13.8 Å². The molecule has 1 atom stereocenters. The zero-order valence-corrected chi connectivity index (χ0v) is 18.2. The predicted molar refractivity (Wildman–Crippen MR) is 113 cm³/mol. The Morgan fingerprint density at radius 1 is 1.23 bits per heavy atom. The summed E-state index contributed by atoms with van der Waals surface area (Å²) in [4.78, 5) is 16.2. The Bertz CT molecular complexity index is 812. The molecule has 1 aliphatic rings. The van der Waals surface area contributed by atoms with E-state index >= 15 is 0 Å². The van der Waals surface area contributed by atoms with Crippen LogP contribution in [0.5, 0.6) is 0 Å². The van der Waals surface area contributed by atoms with E-state index in [1.807, 2.05) is 11.0 Å². The van der Waals surface area contributed by atoms with E-state index in [-0.39, 0.29) is 11.4 Å². The van der Waals surface area contributed by atoms with Crippen molar-refractivity contribution in [3.05, 3.63) is 55.2 Å². The number of nitrogens with zero attached hydrogens (tertiary/aromatic N) is 1. The average Bonchev–Trinajstić information content (AvgIpc) is 3.01. The lowest BCUT2D eigenvalue weighted by molar-refractivity contribution is 0.0726. The monoisotopic (exact) mass is 434 g/mol. The Kier molecular flexibility index (Phi) is 5.90. The molecule has 0 radical (unpaired) electrons. The van der Waals surface area contributed by atoms with Crippen LogP contribution in [0.25, 0.3) is 0 Å². The lowest BCUT2D eigenvalue weighted by atomic mass is 9.90. The summed E-state index contributed by atoms with van der Waals surface area (Å²) in [5, 5.41) is 0. The van der Waals surface area contributed by atoms with Crippen LogP contribution in [-0.4, -0.2) is 29.4 Å². The van der Waals surface area contributed by atoms with E-state index in [4.69, 9.17) is 5.73 Å². The number of nitrogens with two attached hydrogens (primary N) is 1. The van der Waals surface area contributed by atoms with Crippen molar-refractivity contribution in [2.24, 2.45) is 5.73 Å². The van der Waals surface area contributed by atoms with Gasteiger partial charge in [0.05, 0.1) is 3.79 Å². The van der Waals surface area contributed by atoms with E-state index < -0.39 is 0 Å². The molecular weight excluding hydrogens is 408 g/mol. The summed E-state index contributed by atoms with van der Waals surface area (Å²) in [6.45, 7) is 7.86. The second kappa shape index (κ2) is 7.83. The number of thiophene rings is 1. The van der Waals surface area contributed by atoms with Crippen LogP contribution >= 0.6 is 27.3 Å². The first-order valence-corrected chi connectivity index (χ1v) is 10.8. The number of rotatable bonds is 6. The van der Waals surface area contributed by atoms with Gasteiger partial charge in [-0.3, -0.25) is 4.79 Å². The zero-order chi connectivity index (χ0) is 18.9. The van der Waals surface area contributed by atoms with Crippen molar-refractivity contribution in [2.45, 2.75) is 52.0 Å². The normalized spacial score (nSPS) is 16.5. The van der Waals surface area contributed by atoms with Gasteiger partial charge in [0.25, 0.3) is 5.91 Å². The second-order valence-corrected chi connectivity index (χ2v) is 10.2. The van der Waals surface area contributed by atoms with Crippen LogP contribution in [0.15, 0.2) is 28.1 Å². The van der Waals surface area contributed by atoms with Crippen molar-refractivity contribution in [1.29, 1.82) is 0 Å². The molecule has 1 aromatic carbocycles. The second-order valence-electron chi connectivity index (χ2n) is 7.69. The molecule has 0 spiro atoms. The average molecular weight is 435 g/mol. The van der Waals surface area contributed by atoms with Crippen LogP contribution in [0.4, 0.5) is 0 Å². The van der Waals surface area contributed by atoms with Crippen molar-refractivity contribution in [2.75, 3.05) is 13.1 Å². The van der Waals surface area contributed by atoms with E-state index in [1.54, 1.807) is 11.3 Å². The van der Waals surface area contributed by atoms with Crippen LogP contribution in [-0.2, 0) is 12.8 Å². The highest BCUT2D eigenvalue weighted by atomic mass is 79.9. The standard InChI is InChI=1S/C21H27BrN2OS/c1-14-4-6-18-17(15(14)2)9-12-24(20(18)25)13-11-21(3,23)10-8-16-5-7-19(22)26-16/h4-7H,8-13,23H2,1-3H3. The van der Waals surface area contributed by atoms with E-state index in [2.05, 4.69) is 54.9 Å². The highest BCUT2D eigenvalue weighted by molar-refractivity contribution is 9.11. The summed E-state index contributed by atoms with van der Waals surface area (Å²) in [5.74, 6) is 0.160. The number of aryl methyl sites for hydroxylation is 2. The molecule has 1 aromatic heterocycles. The molecule has 0 aliphatic carbocycles. The maximum atomic E-state index is 12.9. The Labute approximate surface area is 168 Å². The third-order valence-electron chi connectivity index (χ3n) is 5.54. The molecule has 3 nitrogen and oxygen atoms in total. The van der Waals surface area contributed by atoms with Gasteiger partial charge in [0.15, 0.2) is 0 Å². The van der Waals surface area contributed by atoms with Crippen molar-refractivity contribution in [3.8, 4) is 0 Å². The van der Waals surface area contributed by atoms with Crippen LogP contribution in [0.2, 0.25) is 0 Å². The first-order chi connectivity index (χ1) is 12.3. The third kappa shape index (κ3) is 4.38. The summed E-state index contributed by atoms with van der Waals surface area (Å²) in [6, 6.07) is 8.28. The molecular formula is C21H27BrN2OS. The smallest absolute Gasteiger partial charge is 0.254 e. The molecule has 3 rings (SSSR count). The van der Waals surface area contributed by atoms with Gasteiger partial charge in [-0.15, -0.1) is 11.3 Å². The van der Waals surface area contributed by atoms with Crippen molar-refractivity contribution in [3.63, 3.8) is 0 Å². The number of carbonyl (C=O) groups excluding carboxylic acids is 1. The van der Waals surface area contributed by atoms with Crippen molar-refractivity contribution in [1.82, 2.24) is 4.90 Å². The number of amides is 1. The topological polar surface area (TPSA) is 46.3 Å². The van der Waals surface area contributed by atoms with Gasteiger partial charge in [-0.2, -0.15) is 0 Å². The van der Waals surface area contributed by atoms with E-state index in [9.17, 15) is 4.79 Å². The van der Waals surface area contributed by atoms with Crippen LogP contribution in [0.3, 0.4) is 0 Å². The maximum Gasteiger partial charge on any atom is 0.254 e. The van der Waals surface area contributed by atoms with Gasteiger partial charge >= 0.3 is 0 Å². The number of fused-ring (bicyclic) bond motifs is 1. The first kappa shape index (κ1) is 19.6. The fourth-order valence-corrected chi connectivity index (χ4v) is 5.02. The summed E-state index contributed by atoms with van der Waals surface area (Å²) < 4.78 is 1.16. The summed E-state index contributed by atoms with van der Waals surface area (Å²) in [6.07, 6.45) is 3.68. The molecule has 1 unspecified atom stereocenters. The summed E-state index contributed by atoms with van der Waals surface area (Å²) in [5.41, 5.74) is 10.9. The highest BCUT2D eigenvalue weighted by Crippen LogP contribution is 2.27. The molecule has 140 valence electrons. The Morgan fingerprint density at radius 2 is 2.00 bits per heavy atom. The van der Waals surface area contributed by atoms with Crippen LogP contribution in [0.1, 0.15) is 51.7 Å². The Morgan fingerprint density at radius 3 is 2.69 bits per heavy atom. The first-order valence-electron chi connectivity index (χ1n) is 9.18. The molecule has 0 saturated heterocycles. The van der Waals surface area contributed by atoms with Gasteiger partial charge < -0.3 is 10.6 Å². The summed E-state index contributed by atoms with van der Waals surface area (Å²) in [7, 11) is 0. The van der Waals surface area contributed by atoms with Gasteiger partial charge in [-0.1, -0.05) is 6.07 Å². The SMILES string of the molecule is Cc1ccc2c(c1C)CCN(CCC(C)(N)CCc1ccc(Br)s1)C2=O. The lowest BCUT2D eigenvalue weighted by Gasteiger charge is -2.33. The van der Waals surface area contributed by atoms with E-state index in [0.29, 0.717) is 0 Å². The van der Waals surface area contributed by atoms with Crippen molar-refractivity contribution >= 4 is 33.2 Å². The Hall–Kier alpha value is -1.17. The molecule has 0 saturated carbocycles. The number of halogens is 1. The number of hydrogen-bond donors (Lipinski definition) is 1. The molecule has 26 heavy (non-hydrogen) atoms. The fourth-order valence-electron chi connectivity index (χ4n) is 3.54.